The molecule has 0 amide bonds. The van der Waals surface area contributed by atoms with Crippen LogP contribution >= 0.6 is 0 Å². The second-order valence-corrected chi connectivity index (χ2v) is 3.69. The van der Waals surface area contributed by atoms with Gasteiger partial charge in [0.1, 0.15) is 5.75 Å². The molecule has 1 aromatic heterocycles. The van der Waals surface area contributed by atoms with E-state index in [4.69, 9.17) is 4.74 Å². The second-order valence-electron chi connectivity index (χ2n) is 3.69. The van der Waals surface area contributed by atoms with Gasteiger partial charge in [-0.25, -0.2) is 0 Å². The third-order valence-corrected chi connectivity index (χ3v) is 2.52. The van der Waals surface area contributed by atoms with Crippen LogP contribution in [0.15, 0.2) is 42.9 Å². The highest BCUT2D eigenvalue weighted by molar-refractivity contribution is 5.28. The lowest BCUT2D eigenvalue weighted by Crippen LogP contribution is -2.03. The number of aliphatic hydroxyl groups is 1. The van der Waals surface area contributed by atoms with Gasteiger partial charge in [-0.05, 0) is 17.7 Å². The standard InChI is InChI=1S/C13H14N2O2/c1-17-12-4-2-10(3-5-12)13(16)8-11-9-14-6-7-15-11/h2-7,9,13,16H,8H2,1H3. The third-order valence-electron chi connectivity index (χ3n) is 2.52. The molecule has 4 heteroatoms. The highest BCUT2D eigenvalue weighted by atomic mass is 16.5. The Morgan fingerprint density at radius 2 is 2.00 bits per heavy atom. The fraction of sp³-hybridized carbons (Fsp3) is 0.231. The zero-order valence-electron chi connectivity index (χ0n) is 9.58. The zero-order valence-corrected chi connectivity index (χ0v) is 9.58. The maximum absolute atomic E-state index is 10.0. The predicted octanol–water partition coefficient (Wildman–Crippen LogP) is 1.76. The topological polar surface area (TPSA) is 55.2 Å². The molecule has 0 radical (unpaired) electrons. The van der Waals surface area contributed by atoms with E-state index in [1.54, 1.807) is 25.7 Å². The van der Waals surface area contributed by atoms with Crippen molar-refractivity contribution in [2.75, 3.05) is 7.11 Å². The Bertz CT molecular complexity index is 457. The van der Waals surface area contributed by atoms with Crippen molar-refractivity contribution < 1.29 is 9.84 Å². The molecule has 1 atom stereocenters. The Labute approximate surface area is 99.9 Å². The monoisotopic (exact) mass is 230 g/mol. The van der Waals surface area contributed by atoms with Crippen LogP contribution in [0.4, 0.5) is 0 Å². The Morgan fingerprint density at radius 1 is 1.24 bits per heavy atom. The van der Waals surface area contributed by atoms with Crippen molar-refractivity contribution in [3.05, 3.63) is 54.1 Å². The highest BCUT2D eigenvalue weighted by Crippen LogP contribution is 2.19. The maximum atomic E-state index is 10.0. The van der Waals surface area contributed by atoms with Gasteiger partial charge in [0.2, 0.25) is 0 Å². The van der Waals surface area contributed by atoms with Crippen LogP contribution in [-0.2, 0) is 6.42 Å². The molecule has 88 valence electrons. The summed E-state index contributed by atoms with van der Waals surface area (Å²) >= 11 is 0. The number of ether oxygens (including phenoxy) is 1. The molecule has 2 rings (SSSR count). The van der Waals surface area contributed by atoms with Gasteiger partial charge in [0.05, 0.1) is 18.9 Å². The Kier molecular flexibility index (Phi) is 3.67. The average molecular weight is 230 g/mol. The molecule has 0 spiro atoms. The molecule has 0 bridgehead atoms. The van der Waals surface area contributed by atoms with Crippen LogP contribution in [0.1, 0.15) is 17.4 Å². The summed E-state index contributed by atoms with van der Waals surface area (Å²) in [6, 6.07) is 7.35. The smallest absolute Gasteiger partial charge is 0.118 e. The summed E-state index contributed by atoms with van der Waals surface area (Å²) in [5.74, 6) is 0.778. The summed E-state index contributed by atoms with van der Waals surface area (Å²) in [4.78, 5) is 8.10. The highest BCUT2D eigenvalue weighted by Gasteiger charge is 2.09. The molecule has 1 aromatic carbocycles. The van der Waals surface area contributed by atoms with E-state index in [-0.39, 0.29) is 0 Å². The molecular weight excluding hydrogens is 216 g/mol. The van der Waals surface area contributed by atoms with E-state index in [0.29, 0.717) is 6.42 Å². The van der Waals surface area contributed by atoms with E-state index < -0.39 is 6.10 Å². The molecule has 1 N–H and O–H groups in total. The van der Waals surface area contributed by atoms with Gasteiger partial charge < -0.3 is 9.84 Å². The largest absolute Gasteiger partial charge is 0.497 e. The van der Waals surface area contributed by atoms with Gasteiger partial charge in [0.25, 0.3) is 0 Å². The van der Waals surface area contributed by atoms with Gasteiger partial charge in [-0.2, -0.15) is 0 Å². The molecular formula is C13H14N2O2. The molecule has 4 nitrogen and oxygen atoms in total. The van der Waals surface area contributed by atoms with Crippen molar-refractivity contribution in [1.29, 1.82) is 0 Å². The Hall–Kier alpha value is -1.94. The van der Waals surface area contributed by atoms with Crippen LogP contribution in [0.5, 0.6) is 5.75 Å². The molecule has 0 aliphatic heterocycles. The molecule has 1 heterocycles. The van der Waals surface area contributed by atoms with Crippen LogP contribution in [-0.4, -0.2) is 22.2 Å². The van der Waals surface area contributed by atoms with Crippen LogP contribution in [0, 0.1) is 0 Å². The predicted molar refractivity (Wildman–Crippen MR) is 63.7 cm³/mol. The lowest BCUT2D eigenvalue weighted by molar-refractivity contribution is 0.177. The summed E-state index contributed by atoms with van der Waals surface area (Å²) in [5, 5.41) is 10.0. The van der Waals surface area contributed by atoms with Gasteiger partial charge in [0.15, 0.2) is 0 Å². The van der Waals surface area contributed by atoms with Crippen molar-refractivity contribution in [1.82, 2.24) is 9.97 Å². The molecule has 1 unspecified atom stereocenters. The number of hydrogen-bond acceptors (Lipinski definition) is 4. The number of benzene rings is 1. The van der Waals surface area contributed by atoms with Gasteiger partial charge in [-0.3, -0.25) is 9.97 Å². The van der Waals surface area contributed by atoms with E-state index >= 15 is 0 Å². The average Bonchev–Trinajstić information content (AvgIpc) is 2.40. The number of nitrogens with zero attached hydrogens (tertiary/aromatic N) is 2. The molecule has 0 saturated heterocycles. The Balaban J connectivity index is 2.06. The minimum Gasteiger partial charge on any atom is -0.497 e. The molecule has 0 saturated carbocycles. The molecule has 0 aliphatic carbocycles. The summed E-state index contributed by atoms with van der Waals surface area (Å²) in [6.45, 7) is 0. The quantitative estimate of drug-likeness (QED) is 0.869. The van der Waals surface area contributed by atoms with Crippen molar-refractivity contribution in [2.45, 2.75) is 12.5 Å². The lowest BCUT2D eigenvalue weighted by atomic mass is 10.1. The first kappa shape index (κ1) is 11.5. The number of methoxy groups -OCH3 is 1. The number of rotatable bonds is 4. The fourth-order valence-electron chi connectivity index (χ4n) is 1.58. The SMILES string of the molecule is COc1ccc(C(O)Cc2cnccn2)cc1. The van der Waals surface area contributed by atoms with Crippen molar-refractivity contribution in [3.63, 3.8) is 0 Å². The van der Waals surface area contributed by atoms with Crippen molar-refractivity contribution in [2.24, 2.45) is 0 Å². The fourth-order valence-corrected chi connectivity index (χ4v) is 1.58. The van der Waals surface area contributed by atoms with Crippen LogP contribution in [0.2, 0.25) is 0 Å². The summed E-state index contributed by atoms with van der Waals surface area (Å²) in [7, 11) is 1.62. The summed E-state index contributed by atoms with van der Waals surface area (Å²) < 4.78 is 5.06. The first-order valence-corrected chi connectivity index (χ1v) is 5.36. The van der Waals surface area contributed by atoms with Crippen LogP contribution < -0.4 is 4.74 Å². The number of hydrogen-bond donors (Lipinski definition) is 1. The lowest BCUT2D eigenvalue weighted by Gasteiger charge is -2.10. The third kappa shape index (κ3) is 3.01. The first-order chi connectivity index (χ1) is 8.29. The van der Waals surface area contributed by atoms with E-state index in [0.717, 1.165) is 17.0 Å². The molecule has 0 aliphatic rings. The van der Waals surface area contributed by atoms with Crippen LogP contribution in [0.3, 0.4) is 0 Å². The number of aromatic nitrogens is 2. The number of aliphatic hydroxyl groups excluding tert-OH is 1. The molecule has 17 heavy (non-hydrogen) atoms. The van der Waals surface area contributed by atoms with Crippen molar-refractivity contribution in [3.8, 4) is 5.75 Å². The van der Waals surface area contributed by atoms with Gasteiger partial charge in [0, 0.05) is 25.0 Å². The summed E-state index contributed by atoms with van der Waals surface area (Å²) in [5.41, 5.74) is 1.62. The molecule has 2 aromatic rings. The van der Waals surface area contributed by atoms with Gasteiger partial charge >= 0.3 is 0 Å². The van der Waals surface area contributed by atoms with Gasteiger partial charge in [-0.15, -0.1) is 0 Å². The van der Waals surface area contributed by atoms with Gasteiger partial charge in [-0.1, -0.05) is 12.1 Å². The minimum atomic E-state index is -0.572. The minimum absolute atomic E-state index is 0.459. The van der Waals surface area contributed by atoms with E-state index in [9.17, 15) is 5.11 Å². The van der Waals surface area contributed by atoms with Crippen LogP contribution in [0.25, 0.3) is 0 Å². The second kappa shape index (κ2) is 5.41. The molecule has 0 fully saturated rings. The van der Waals surface area contributed by atoms with E-state index in [1.807, 2.05) is 24.3 Å². The summed E-state index contributed by atoms with van der Waals surface area (Å²) in [6.07, 6.45) is 4.78. The normalized spacial score (nSPS) is 12.1. The zero-order chi connectivity index (χ0) is 12.1. The van der Waals surface area contributed by atoms with E-state index in [1.165, 1.54) is 0 Å². The van der Waals surface area contributed by atoms with Crippen molar-refractivity contribution >= 4 is 0 Å². The Morgan fingerprint density at radius 3 is 2.59 bits per heavy atom. The van der Waals surface area contributed by atoms with E-state index in [2.05, 4.69) is 9.97 Å². The first-order valence-electron chi connectivity index (χ1n) is 5.36. The maximum Gasteiger partial charge on any atom is 0.118 e.